The number of benzene rings is 3. The van der Waals surface area contributed by atoms with Crippen LogP contribution in [-0.4, -0.2) is 8.07 Å². The fourth-order valence-corrected chi connectivity index (χ4v) is 8.02. The van der Waals surface area contributed by atoms with E-state index >= 15 is 4.39 Å². The van der Waals surface area contributed by atoms with Crippen LogP contribution in [0.3, 0.4) is 0 Å². The predicted molar refractivity (Wildman–Crippen MR) is 136 cm³/mol. The molecule has 4 heteroatoms. The summed E-state index contributed by atoms with van der Waals surface area (Å²) in [7, 11) is -0.130. The van der Waals surface area contributed by atoms with E-state index in [2.05, 4.69) is 42.8 Å². The molecule has 0 saturated carbocycles. The van der Waals surface area contributed by atoms with Crippen molar-refractivity contribution in [2.75, 3.05) is 0 Å². The summed E-state index contributed by atoms with van der Waals surface area (Å²) in [6.45, 7) is 6.41. The molecule has 0 N–H and O–H groups in total. The molecule has 1 aliphatic heterocycles. The Hall–Kier alpha value is -3.24. The Balaban J connectivity index is 1.73. The van der Waals surface area contributed by atoms with Crippen LogP contribution in [0.4, 0.5) is 4.39 Å². The summed E-state index contributed by atoms with van der Waals surface area (Å²) in [5.74, 6) is -0.342. The molecule has 0 fully saturated rings. The van der Waals surface area contributed by atoms with Crippen molar-refractivity contribution < 1.29 is 16.1 Å². The van der Waals surface area contributed by atoms with Crippen molar-refractivity contribution in [3.05, 3.63) is 83.8 Å². The van der Waals surface area contributed by atoms with E-state index in [9.17, 15) is 0 Å². The van der Waals surface area contributed by atoms with Crippen molar-refractivity contribution in [1.29, 1.82) is 0 Å². The van der Waals surface area contributed by atoms with Gasteiger partial charge >= 0.3 is 0 Å². The molecular weight excluding hydrogens is 425 g/mol. The van der Waals surface area contributed by atoms with Crippen LogP contribution in [0.1, 0.15) is 13.9 Å². The monoisotopic (exact) mass is 454 g/mol. The number of pyridine rings is 1. The van der Waals surface area contributed by atoms with E-state index in [-0.39, 0.29) is 5.82 Å². The molecule has 0 saturated heterocycles. The van der Waals surface area contributed by atoms with E-state index in [4.69, 9.17) is 7.16 Å². The summed E-state index contributed by atoms with van der Waals surface area (Å²) in [5.41, 5.74) is 6.29. The summed E-state index contributed by atoms with van der Waals surface area (Å²) in [4.78, 5) is 0. The summed E-state index contributed by atoms with van der Waals surface area (Å²) >= 11 is 0. The van der Waals surface area contributed by atoms with Gasteiger partial charge in [-0.25, -0.2) is 8.96 Å². The van der Waals surface area contributed by atoms with Crippen LogP contribution < -0.4 is 9.75 Å². The predicted octanol–water partition coefficient (Wildman–Crippen LogP) is 6.66. The van der Waals surface area contributed by atoms with Crippen molar-refractivity contribution in [3.8, 4) is 22.4 Å². The molecule has 0 spiro atoms. The van der Waals surface area contributed by atoms with Crippen LogP contribution in [0.2, 0.25) is 19.1 Å². The van der Waals surface area contributed by atoms with E-state index < -0.39 is 14.4 Å². The lowest BCUT2D eigenvalue weighted by Gasteiger charge is -2.21. The van der Waals surface area contributed by atoms with Gasteiger partial charge in [0, 0.05) is 25.6 Å². The van der Waals surface area contributed by atoms with Gasteiger partial charge in [-0.2, -0.15) is 0 Å². The Morgan fingerprint density at radius 1 is 0.939 bits per heavy atom. The van der Waals surface area contributed by atoms with Gasteiger partial charge in [0.25, 0.3) is 0 Å². The zero-order valence-corrected chi connectivity index (χ0v) is 20.3. The van der Waals surface area contributed by atoms with E-state index in [1.54, 1.807) is 6.07 Å². The molecule has 2 aromatic heterocycles. The second-order valence-corrected chi connectivity index (χ2v) is 14.3. The number of fused-ring (bicyclic) bond motifs is 4. The first-order chi connectivity index (χ1) is 16.6. The first-order valence-corrected chi connectivity index (χ1v) is 14.5. The lowest BCUT2D eigenvalue weighted by Crippen LogP contribution is -2.39. The Morgan fingerprint density at radius 3 is 2.48 bits per heavy atom. The van der Waals surface area contributed by atoms with Gasteiger partial charge in [0.15, 0.2) is 6.20 Å². The molecule has 5 aromatic rings. The van der Waals surface area contributed by atoms with E-state index in [1.165, 1.54) is 6.07 Å². The van der Waals surface area contributed by atoms with Crippen LogP contribution in [0.25, 0.3) is 44.3 Å². The third-order valence-corrected chi connectivity index (χ3v) is 9.96. The smallest absolute Gasteiger partial charge is 0.216 e. The third-order valence-electron chi connectivity index (χ3n) is 7.01. The maximum absolute atomic E-state index is 15.7. The fraction of sp³-hybridized carbons (Fsp3) is 0.207. The van der Waals surface area contributed by atoms with Crippen molar-refractivity contribution in [1.82, 2.24) is 0 Å². The quantitative estimate of drug-likeness (QED) is 0.215. The number of aromatic nitrogens is 1. The van der Waals surface area contributed by atoms with Gasteiger partial charge in [-0.15, -0.1) is 0 Å². The lowest BCUT2D eigenvalue weighted by molar-refractivity contribution is -0.660. The molecule has 3 heterocycles. The van der Waals surface area contributed by atoms with Gasteiger partial charge in [-0.1, -0.05) is 43.4 Å². The zero-order valence-electron chi connectivity index (χ0n) is 21.3. The number of halogens is 1. The minimum absolute atomic E-state index is 0.342. The van der Waals surface area contributed by atoms with Crippen LogP contribution >= 0.6 is 0 Å². The van der Waals surface area contributed by atoms with Gasteiger partial charge in [0.1, 0.15) is 24.0 Å². The van der Waals surface area contributed by atoms with Crippen LogP contribution in [-0.2, 0) is 13.4 Å². The topological polar surface area (TPSA) is 17.0 Å². The maximum Gasteiger partial charge on any atom is 0.216 e. The molecule has 3 aromatic carbocycles. The summed E-state index contributed by atoms with van der Waals surface area (Å²) in [5, 5.41) is 2.82. The summed E-state index contributed by atoms with van der Waals surface area (Å²) in [6, 6.07) is 19.7. The number of hydrogen-bond acceptors (Lipinski definition) is 1. The van der Waals surface area contributed by atoms with Crippen molar-refractivity contribution >= 4 is 35.2 Å². The molecule has 0 aliphatic carbocycles. The Kier molecular flexibility index (Phi) is 3.93. The molecule has 33 heavy (non-hydrogen) atoms. The normalized spacial score (nSPS) is 17.2. The average molecular weight is 455 g/mol. The highest BCUT2D eigenvalue weighted by Gasteiger charge is 2.35. The minimum atomic E-state index is -2.14. The molecule has 0 radical (unpaired) electrons. The number of nitrogens with zero attached hydrogens (tertiary/aromatic N) is 1. The number of hydrogen-bond donors (Lipinski definition) is 0. The zero-order chi connectivity index (χ0) is 24.7. The second-order valence-electron chi connectivity index (χ2n) is 9.70. The van der Waals surface area contributed by atoms with Crippen molar-refractivity contribution in [3.63, 3.8) is 0 Å². The van der Waals surface area contributed by atoms with Crippen molar-refractivity contribution in [2.24, 2.45) is 7.05 Å². The molecule has 0 bridgehead atoms. The highest BCUT2D eigenvalue weighted by molar-refractivity contribution is 6.92. The number of rotatable bonds is 2. The average Bonchev–Trinajstić information content (AvgIpc) is 3.25. The van der Waals surface area contributed by atoms with E-state index in [0.717, 1.165) is 43.9 Å². The summed E-state index contributed by atoms with van der Waals surface area (Å²) < 4.78 is 41.6. The molecular formula is C29H27FNOSi+. The Bertz CT molecular complexity index is 1670. The molecule has 6 rings (SSSR count). The van der Waals surface area contributed by atoms with Crippen LogP contribution in [0.5, 0.6) is 0 Å². The lowest BCUT2D eigenvalue weighted by atomic mass is 9.97. The molecule has 0 amide bonds. The van der Waals surface area contributed by atoms with Gasteiger partial charge in [0.2, 0.25) is 5.69 Å². The van der Waals surface area contributed by atoms with Crippen LogP contribution in [0, 0.1) is 12.7 Å². The molecule has 2 nitrogen and oxygen atoms in total. The third kappa shape index (κ3) is 2.93. The van der Waals surface area contributed by atoms with E-state index in [0.29, 0.717) is 22.8 Å². The molecule has 1 aliphatic rings. The van der Waals surface area contributed by atoms with Gasteiger partial charge < -0.3 is 4.42 Å². The molecule has 0 atom stereocenters. The van der Waals surface area contributed by atoms with Gasteiger partial charge in [0.05, 0.1) is 19.2 Å². The number of furan rings is 1. The summed E-state index contributed by atoms with van der Waals surface area (Å²) in [6.07, 6.45) is 0.612. The standard InChI is InChI=1S/C29H27FNOSi/c1-18-11-12-20-21-13-14-23(30)26(22-9-7-8-19-15-17-33(3,4)29(19)22)28(21)32-27(20)25(18)24-10-5-6-16-31(24)2/h5-14,16H,15,17H2,1-4H3/q+1/i15D2. The second kappa shape index (κ2) is 7.13. The highest BCUT2D eigenvalue weighted by atomic mass is 28.3. The number of aryl methyl sites for hydroxylation is 3. The SMILES string of the molecule is [2H]C1([2H])C[Si](C)(C)c2c(-c3c(F)ccc4c3oc3c(-c5cccc[n+]5C)c(C)ccc34)cccc21. The van der Waals surface area contributed by atoms with Gasteiger partial charge in [-0.3, -0.25) is 0 Å². The van der Waals surface area contributed by atoms with Gasteiger partial charge in [-0.05, 0) is 59.4 Å². The Morgan fingerprint density at radius 2 is 1.70 bits per heavy atom. The fourth-order valence-electron chi connectivity index (χ4n) is 5.37. The molecule has 0 unspecified atom stereocenters. The van der Waals surface area contributed by atoms with Crippen molar-refractivity contribution in [2.45, 2.75) is 32.4 Å². The highest BCUT2D eigenvalue weighted by Crippen LogP contribution is 2.42. The Labute approximate surface area is 197 Å². The van der Waals surface area contributed by atoms with Crippen LogP contribution in [0.15, 0.2) is 71.3 Å². The maximum atomic E-state index is 15.7. The van der Waals surface area contributed by atoms with E-state index in [1.807, 2.05) is 43.6 Å². The molecule has 164 valence electrons. The first-order valence-electron chi connectivity index (χ1n) is 12.3. The largest absolute Gasteiger partial charge is 0.454 e. The first kappa shape index (κ1) is 18.2. The minimum Gasteiger partial charge on any atom is -0.454 e.